The van der Waals surface area contributed by atoms with Gasteiger partial charge in [-0.05, 0) is 31.9 Å². The molecule has 0 fully saturated rings. The second-order valence-corrected chi connectivity index (χ2v) is 6.92. The van der Waals surface area contributed by atoms with Gasteiger partial charge in [0.1, 0.15) is 12.2 Å². The Labute approximate surface area is 158 Å². The number of hydrogen-bond acceptors (Lipinski definition) is 5. The van der Waals surface area contributed by atoms with E-state index in [1.54, 1.807) is 57.2 Å². The van der Waals surface area contributed by atoms with Gasteiger partial charge in [0.25, 0.3) is 0 Å². The van der Waals surface area contributed by atoms with Crippen LogP contribution in [0.5, 0.6) is 0 Å². The first-order valence-corrected chi connectivity index (χ1v) is 8.56. The number of amides is 2. The van der Waals surface area contributed by atoms with Crippen LogP contribution in [0.1, 0.15) is 31.9 Å². The molecule has 2 aromatic rings. The van der Waals surface area contributed by atoms with E-state index in [0.717, 1.165) is 10.5 Å². The number of benzene rings is 2. The van der Waals surface area contributed by atoms with Gasteiger partial charge in [-0.15, -0.1) is 0 Å². The molecule has 0 aliphatic rings. The van der Waals surface area contributed by atoms with Gasteiger partial charge in [0.2, 0.25) is 0 Å². The Morgan fingerprint density at radius 3 is 1.89 bits per heavy atom. The summed E-state index contributed by atoms with van der Waals surface area (Å²) >= 11 is 0. The molecule has 2 rings (SSSR count). The summed E-state index contributed by atoms with van der Waals surface area (Å²) in [6.07, 6.45) is -0.904. The lowest BCUT2D eigenvalue weighted by Crippen LogP contribution is -2.43. The molecule has 0 unspecified atom stereocenters. The summed E-state index contributed by atoms with van der Waals surface area (Å²) < 4.78 is 10.3. The Bertz CT molecular complexity index is 781. The predicted molar refractivity (Wildman–Crippen MR) is 99.5 cm³/mol. The van der Waals surface area contributed by atoms with Crippen LogP contribution in [-0.2, 0) is 32.2 Å². The van der Waals surface area contributed by atoms with Crippen LogP contribution in [0.15, 0.2) is 60.7 Å². The van der Waals surface area contributed by atoms with E-state index in [-0.39, 0.29) is 13.2 Å². The minimum Gasteiger partial charge on any atom is -0.453 e. The molecule has 0 heterocycles. The van der Waals surface area contributed by atoms with Crippen molar-refractivity contribution in [1.82, 2.24) is 4.90 Å². The standard InChI is InChI=1S/C21H23NO5/c1-21(2,3)27-19(24)18(23)22(14-16-10-6-4-7-11-16)20(25)26-15-17-12-8-5-9-13-17/h4-13H,14-15H2,1-3H3. The van der Waals surface area contributed by atoms with Crippen molar-refractivity contribution in [3.8, 4) is 0 Å². The van der Waals surface area contributed by atoms with Crippen LogP contribution in [0.2, 0.25) is 0 Å². The Morgan fingerprint density at radius 2 is 1.37 bits per heavy atom. The van der Waals surface area contributed by atoms with Crippen LogP contribution in [0.25, 0.3) is 0 Å². The van der Waals surface area contributed by atoms with Crippen molar-refractivity contribution in [2.45, 2.75) is 39.5 Å². The molecule has 0 aliphatic heterocycles. The fourth-order valence-electron chi connectivity index (χ4n) is 2.21. The maximum absolute atomic E-state index is 12.5. The van der Waals surface area contributed by atoms with Crippen molar-refractivity contribution in [2.75, 3.05) is 0 Å². The van der Waals surface area contributed by atoms with E-state index in [2.05, 4.69) is 0 Å². The zero-order chi connectivity index (χ0) is 19.9. The number of carbonyl (C=O) groups excluding carboxylic acids is 3. The van der Waals surface area contributed by atoms with Gasteiger partial charge >= 0.3 is 18.0 Å². The zero-order valence-electron chi connectivity index (χ0n) is 15.7. The Morgan fingerprint density at radius 1 is 0.852 bits per heavy atom. The number of hydrogen-bond donors (Lipinski definition) is 0. The van der Waals surface area contributed by atoms with Gasteiger partial charge in [-0.3, -0.25) is 4.79 Å². The van der Waals surface area contributed by atoms with Crippen LogP contribution in [-0.4, -0.2) is 28.5 Å². The van der Waals surface area contributed by atoms with Crippen molar-refractivity contribution in [2.24, 2.45) is 0 Å². The second-order valence-electron chi connectivity index (χ2n) is 6.92. The average Bonchev–Trinajstić information content (AvgIpc) is 2.64. The molecule has 0 saturated carbocycles. The molecule has 0 radical (unpaired) electrons. The van der Waals surface area contributed by atoms with Crippen LogP contribution in [0.4, 0.5) is 4.79 Å². The number of ether oxygens (including phenoxy) is 2. The first-order valence-electron chi connectivity index (χ1n) is 8.56. The fraction of sp³-hybridized carbons (Fsp3) is 0.286. The number of carbonyl (C=O) groups is 3. The third-order valence-corrected chi connectivity index (χ3v) is 3.43. The molecular formula is C21H23NO5. The smallest absolute Gasteiger partial charge is 0.417 e. The van der Waals surface area contributed by atoms with Crippen molar-refractivity contribution in [1.29, 1.82) is 0 Å². The van der Waals surface area contributed by atoms with Gasteiger partial charge in [0, 0.05) is 0 Å². The first kappa shape index (κ1) is 20.2. The van der Waals surface area contributed by atoms with E-state index in [1.807, 2.05) is 24.3 Å². The minimum absolute atomic E-state index is 0.00738. The van der Waals surface area contributed by atoms with Crippen molar-refractivity contribution in [3.63, 3.8) is 0 Å². The second kappa shape index (κ2) is 8.98. The van der Waals surface area contributed by atoms with Crippen molar-refractivity contribution in [3.05, 3.63) is 71.8 Å². The number of nitrogens with zero attached hydrogens (tertiary/aromatic N) is 1. The molecule has 0 aliphatic carbocycles. The summed E-state index contributed by atoms with van der Waals surface area (Å²) in [5.74, 6) is -2.16. The van der Waals surface area contributed by atoms with Crippen molar-refractivity contribution >= 4 is 18.0 Å². The molecule has 0 spiro atoms. The summed E-state index contributed by atoms with van der Waals surface area (Å²) in [7, 11) is 0. The maximum Gasteiger partial charge on any atom is 0.417 e. The van der Waals surface area contributed by atoms with E-state index >= 15 is 0 Å². The quantitative estimate of drug-likeness (QED) is 0.607. The molecule has 0 saturated heterocycles. The molecule has 6 nitrogen and oxygen atoms in total. The molecular weight excluding hydrogens is 346 g/mol. The molecule has 142 valence electrons. The number of esters is 1. The highest BCUT2D eigenvalue weighted by atomic mass is 16.6. The fourth-order valence-corrected chi connectivity index (χ4v) is 2.21. The molecule has 0 atom stereocenters. The maximum atomic E-state index is 12.5. The van der Waals surface area contributed by atoms with Gasteiger partial charge in [-0.2, -0.15) is 0 Å². The monoisotopic (exact) mass is 369 g/mol. The lowest BCUT2D eigenvalue weighted by atomic mass is 10.2. The number of rotatable bonds is 4. The Balaban J connectivity index is 2.14. The molecule has 0 bridgehead atoms. The summed E-state index contributed by atoms with van der Waals surface area (Å²) in [5.41, 5.74) is 0.611. The summed E-state index contributed by atoms with van der Waals surface area (Å²) in [4.78, 5) is 37.9. The van der Waals surface area contributed by atoms with Gasteiger partial charge in [-0.1, -0.05) is 60.7 Å². The van der Waals surface area contributed by atoms with Gasteiger partial charge in [0.15, 0.2) is 0 Å². The third-order valence-electron chi connectivity index (χ3n) is 3.43. The lowest BCUT2D eigenvalue weighted by Gasteiger charge is -2.23. The van der Waals surface area contributed by atoms with E-state index < -0.39 is 23.6 Å². The Hall–Kier alpha value is -3.15. The topological polar surface area (TPSA) is 72.9 Å². The van der Waals surface area contributed by atoms with Crippen LogP contribution in [0, 0.1) is 0 Å². The van der Waals surface area contributed by atoms with E-state index in [4.69, 9.17) is 9.47 Å². The molecule has 0 aromatic heterocycles. The summed E-state index contributed by atoms with van der Waals surface area (Å²) in [6, 6.07) is 17.9. The van der Waals surface area contributed by atoms with E-state index in [1.165, 1.54) is 0 Å². The SMILES string of the molecule is CC(C)(C)OC(=O)C(=O)N(Cc1ccccc1)C(=O)OCc1ccccc1. The van der Waals surface area contributed by atoms with E-state index in [9.17, 15) is 14.4 Å². The normalized spacial score (nSPS) is 10.8. The largest absolute Gasteiger partial charge is 0.453 e. The highest BCUT2D eigenvalue weighted by Gasteiger charge is 2.32. The van der Waals surface area contributed by atoms with Gasteiger partial charge in [0.05, 0.1) is 6.54 Å². The van der Waals surface area contributed by atoms with Crippen LogP contribution < -0.4 is 0 Å². The molecule has 2 amide bonds. The summed E-state index contributed by atoms with van der Waals surface area (Å²) in [5, 5.41) is 0. The van der Waals surface area contributed by atoms with E-state index in [0.29, 0.717) is 5.56 Å². The van der Waals surface area contributed by atoms with Crippen LogP contribution >= 0.6 is 0 Å². The molecule has 0 N–H and O–H groups in total. The first-order chi connectivity index (χ1) is 12.8. The third kappa shape index (κ3) is 6.58. The van der Waals surface area contributed by atoms with Gasteiger partial charge < -0.3 is 9.47 Å². The number of imide groups is 1. The van der Waals surface area contributed by atoms with Gasteiger partial charge in [-0.25, -0.2) is 14.5 Å². The highest BCUT2D eigenvalue weighted by Crippen LogP contribution is 2.12. The van der Waals surface area contributed by atoms with Crippen LogP contribution in [0.3, 0.4) is 0 Å². The lowest BCUT2D eigenvalue weighted by molar-refractivity contribution is -0.167. The average molecular weight is 369 g/mol. The zero-order valence-corrected chi connectivity index (χ0v) is 15.7. The molecule has 6 heteroatoms. The molecule has 2 aromatic carbocycles. The summed E-state index contributed by atoms with van der Waals surface area (Å²) in [6.45, 7) is 4.84. The minimum atomic E-state index is -1.10. The van der Waals surface area contributed by atoms with Crippen molar-refractivity contribution < 1.29 is 23.9 Å². The Kier molecular flexibility index (Phi) is 6.71. The highest BCUT2D eigenvalue weighted by molar-refractivity contribution is 6.35. The molecule has 27 heavy (non-hydrogen) atoms. The predicted octanol–water partition coefficient (Wildman–Crippen LogP) is 3.69.